The molecular formula is C16H15N3O2. The van der Waals surface area contributed by atoms with Gasteiger partial charge in [0.1, 0.15) is 0 Å². The monoisotopic (exact) mass is 281 g/mol. The Hall–Kier alpha value is -3.00. The fourth-order valence-corrected chi connectivity index (χ4v) is 1.97. The predicted molar refractivity (Wildman–Crippen MR) is 81.1 cm³/mol. The molecular weight excluding hydrogens is 266 g/mol. The second-order valence-electron chi connectivity index (χ2n) is 4.48. The number of rotatable bonds is 5. The van der Waals surface area contributed by atoms with Crippen LogP contribution in [0.5, 0.6) is 0 Å². The summed E-state index contributed by atoms with van der Waals surface area (Å²) in [6, 6.07) is 15.1. The standard InChI is InChI=1S/C16H15N3O2/c1-18-14-4-2-3-12(9-14)15(16(20)21)19-13-7-5-11(10-17)6-8-13/h2-9,15,18-19H,1H3,(H,20,21). The molecule has 0 radical (unpaired) electrons. The van der Waals surface area contributed by atoms with E-state index >= 15 is 0 Å². The van der Waals surface area contributed by atoms with Gasteiger partial charge in [-0.1, -0.05) is 12.1 Å². The lowest BCUT2D eigenvalue weighted by molar-refractivity contribution is -0.138. The smallest absolute Gasteiger partial charge is 0.330 e. The van der Waals surface area contributed by atoms with E-state index in [2.05, 4.69) is 10.6 Å². The second kappa shape index (κ2) is 6.44. The molecule has 5 heteroatoms. The lowest BCUT2D eigenvalue weighted by atomic mass is 10.1. The number of benzene rings is 2. The molecule has 0 fully saturated rings. The summed E-state index contributed by atoms with van der Waals surface area (Å²) < 4.78 is 0. The van der Waals surface area contributed by atoms with Crippen molar-refractivity contribution >= 4 is 17.3 Å². The summed E-state index contributed by atoms with van der Waals surface area (Å²) >= 11 is 0. The number of anilines is 2. The Balaban J connectivity index is 2.26. The van der Waals surface area contributed by atoms with Crippen LogP contribution < -0.4 is 10.6 Å². The third kappa shape index (κ3) is 3.51. The molecule has 5 nitrogen and oxygen atoms in total. The topological polar surface area (TPSA) is 85.1 Å². The van der Waals surface area contributed by atoms with Gasteiger partial charge in [0, 0.05) is 18.4 Å². The maximum Gasteiger partial charge on any atom is 0.330 e. The zero-order valence-corrected chi connectivity index (χ0v) is 11.5. The molecule has 2 aromatic rings. The van der Waals surface area contributed by atoms with Crippen molar-refractivity contribution in [1.29, 1.82) is 5.26 Å². The number of nitriles is 1. The van der Waals surface area contributed by atoms with Gasteiger partial charge in [-0.25, -0.2) is 4.79 Å². The van der Waals surface area contributed by atoms with Crippen molar-refractivity contribution in [3.05, 3.63) is 59.7 Å². The summed E-state index contributed by atoms with van der Waals surface area (Å²) in [6.07, 6.45) is 0. The lowest BCUT2D eigenvalue weighted by Gasteiger charge is -2.17. The van der Waals surface area contributed by atoms with E-state index in [4.69, 9.17) is 5.26 Å². The van der Waals surface area contributed by atoms with Crippen LogP contribution in [-0.4, -0.2) is 18.1 Å². The van der Waals surface area contributed by atoms with Crippen molar-refractivity contribution in [2.24, 2.45) is 0 Å². The quantitative estimate of drug-likeness (QED) is 0.784. The van der Waals surface area contributed by atoms with Crippen LogP contribution >= 0.6 is 0 Å². The average molecular weight is 281 g/mol. The van der Waals surface area contributed by atoms with E-state index < -0.39 is 12.0 Å². The summed E-state index contributed by atoms with van der Waals surface area (Å²) in [5.74, 6) is -0.965. The van der Waals surface area contributed by atoms with Gasteiger partial charge in [0.15, 0.2) is 6.04 Å². The van der Waals surface area contributed by atoms with Crippen LogP contribution in [-0.2, 0) is 4.79 Å². The maximum absolute atomic E-state index is 11.5. The molecule has 3 N–H and O–H groups in total. The van der Waals surface area contributed by atoms with Crippen LogP contribution in [0.3, 0.4) is 0 Å². The molecule has 0 aliphatic carbocycles. The van der Waals surface area contributed by atoms with Gasteiger partial charge in [-0.05, 0) is 42.0 Å². The molecule has 106 valence electrons. The summed E-state index contributed by atoms with van der Waals surface area (Å²) in [7, 11) is 1.78. The van der Waals surface area contributed by atoms with E-state index in [9.17, 15) is 9.90 Å². The molecule has 21 heavy (non-hydrogen) atoms. The molecule has 0 aromatic heterocycles. The van der Waals surface area contributed by atoms with Crippen LogP contribution in [0.4, 0.5) is 11.4 Å². The van der Waals surface area contributed by atoms with Crippen molar-refractivity contribution in [3.63, 3.8) is 0 Å². The van der Waals surface area contributed by atoms with E-state index in [-0.39, 0.29) is 0 Å². The molecule has 0 saturated carbocycles. The van der Waals surface area contributed by atoms with E-state index in [1.807, 2.05) is 12.1 Å². The molecule has 0 bridgehead atoms. The Morgan fingerprint density at radius 3 is 2.48 bits per heavy atom. The lowest BCUT2D eigenvalue weighted by Crippen LogP contribution is -2.20. The molecule has 0 saturated heterocycles. The van der Waals surface area contributed by atoms with E-state index in [0.717, 1.165) is 5.69 Å². The number of nitrogens with one attached hydrogen (secondary N) is 2. The molecule has 0 spiro atoms. The summed E-state index contributed by atoms with van der Waals surface area (Å²) in [4.78, 5) is 11.5. The maximum atomic E-state index is 11.5. The van der Waals surface area contributed by atoms with Crippen molar-refractivity contribution in [2.45, 2.75) is 6.04 Å². The molecule has 1 atom stereocenters. The Labute approximate surface area is 122 Å². The van der Waals surface area contributed by atoms with Gasteiger partial charge >= 0.3 is 5.97 Å². The van der Waals surface area contributed by atoms with E-state index in [0.29, 0.717) is 16.8 Å². The minimum atomic E-state index is -0.965. The van der Waals surface area contributed by atoms with Crippen LogP contribution in [0.1, 0.15) is 17.2 Å². The Kier molecular flexibility index (Phi) is 4.42. The molecule has 2 rings (SSSR count). The number of nitrogens with zero attached hydrogens (tertiary/aromatic N) is 1. The number of carboxylic acids is 1. The van der Waals surface area contributed by atoms with Crippen molar-refractivity contribution in [2.75, 3.05) is 17.7 Å². The Morgan fingerprint density at radius 1 is 1.19 bits per heavy atom. The number of aliphatic carboxylic acids is 1. The zero-order valence-electron chi connectivity index (χ0n) is 11.5. The van der Waals surface area contributed by atoms with Gasteiger partial charge in [-0.2, -0.15) is 5.26 Å². The third-order valence-electron chi connectivity index (χ3n) is 3.08. The van der Waals surface area contributed by atoms with Gasteiger partial charge in [0.2, 0.25) is 0 Å². The SMILES string of the molecule is CNc1cccc(C(Nc2ccc(C#N)cc2)C(=O)O)c1. The van der Waals surface area contributed by atoms with Gasteiger partial charge in [0.05, 0.1) is 11.6 Å². The molecule has 0 heterocycles. The minimum Gasteiger partial charge on any atom is -0.479 e. The number of carbonyl (C=O) groups is 1. The molecule has 0 aliphatic heterocycles. The number of hydrogen-bond acceptors (Lipinski definition) is 4. The van der Waals surface area contributed by atoms with Crippen LogP contribution in [0.25, 0.3) is 0 Å². The van der Waals surface area contributed by atoms with Gasteiger partial charge in [-0.15, -0.1) is 0 Å². The molecule has 1 unspecified atom stereocenters. The van der Waals surface area contributed by atoms with Gasteiger partial charge in [-0.3, -0.25) is 0 Å². The highest BCUT2D eigenvalue weighted by molar-refractivity contribution is 5.79. The first-order valence-corrected chi connectivity index (χ1v) is 6.41. The summed E-state index contributed by atoms with van der Waals surface area (Å²) in [6.45, 7) is 0. The third-order valence-corrected chi connectivity index (χ3v) is 3.08. The average Bonchev–Trinajstić information content (AvgIpc) is 2.53. The number of carboxylic acid groups (broad SMARTS) is 1. The highest BCUT2D eigenvalue weighted by atomic mass is 16.4. The highest BCUT2D eigenvalue weighted by Gasteiger charge is 2.19. The highest BCUT2D eigenvalue weighted by Crippen LogP contribution is 2.22. The van der Waals surface area contributed by atoms with Crippen LogP contribution in [0.2, 0.25) is 0 Å². The normalized spacial score (nSPS) is 11.2. The summed E-state index contributed by atoms with van der Waals surface area (Å²) in [5, 5.41) is 24.1. The largest absolute Gasteiger partial charge is 0.479 e. The first-order chi connectivity index (χ1) is 10.1. The van der Waals surface area contributed by atoms with Crippen molar-refractivity contribution in [3.8, 4) is 6.07 Å². The Bertz CT molecular complexity index is 675. The van der Waals surface area contributed by atoms with E-state index in [1.54, 1.807) is 49.5 Å². The summed E-state index contributed by atoms with van der Waals surface area (Å²) in [5.41, 5.74) is 2.68. The molecule has 0 aliphatic rings. The molecule has 2 aromatic carbocycles. The van der Waals surface area contributed by atoms with Gasteiger partial charge < -0.3 is 15.7 Å². The Morgan fingerprint density at radius 2 is 1.90 bits per heavy atom. The zero-order chi connectivity index (χ0) is 15.2. The predicted octanol–water partition coefficient (Wildman–Crippen LogP) is 2.84. The van der Waals surface area contributed by atoms with E-state index in [1.165, 1.54) is 0 Å². The first kappa shape index (κ1) is 14.4. The van der Waals surface area contributed by atoms with Crippen LogP contribution in [0, 0.1) is 11.3 Å². The van der Waals surface area contributed by atoms with Gasteiger partial charge in [0.25, 0.3) is 0 Å². The van der Waals surface area contributed by atoms with Crippen molar-refractivity contribution in [1.82, 2.24) is 0 Å². The minimum absolute atomic E-state index is 0.532. The van der Waals surface area contributed by atoms with Crippen LogP contribution in [0.15, 0.2) is 48.5 Å². The fourth-order valence-electron chi connectivity index (χ4n) is 1.97. The second-order valence-corrected chi connectivity index (χ2v) is 4.48. The van der Waals surface area contributed by atoms with Crippen molar-refractivity contribution < 1.29 is 9.90 Å². The molecule has 0 amide bonds. The number of hydrogen-bond donors (Lipinski definition) is 3. The first-order valence-electron chi connectivity index (χ1n) is 6.41. The fraction of sp³-hybridized carbons (Fsp3) is 0.125.